The van der Waals surface area contributed by atoms with Crippen LogP contribution in [0, 0.1) is 0 Å². The van der Waals surface area contributed by atoms with Gasteiger partial charge >= 0.3 is 11.9 Å². The number of allylic oxidation sites excluding steroid dienone is 8. The summed E-state index contributed by atoms with van der Waals surface area (Å²) < 4.78 is 11.2. The fraction of sp³-hybridized carbons (Fsp3) is 0.756. The highest BCUT2D eigenvalue weighted by molar-refractivity contribution is 5.71. The Morgan fingerprint density at radius 1 is 0.500 bits per heavy atom. The molecule has 5 heteroatoms. The van der Waals surface area contributed by atoms with Gasteiger partial charge in [-0.1, -0.05) is 127 Å². The summed E-state index contributed by atoms with van der Waals surface area (Å²) in [7, 11) is 3.93. The predicted octanol–water partition coefficient (Wildman–Crippen LogP) is 12.0. The third-order valence-electron chi connectivity index (χ3n) is 8.00. The van der Waals surface area contributed by atoms with Crippen molar-refractivity contribution in [3.05, 3.63) is 48.6 Å². The van der Waals surface area contributed by atoms with E-state index in [1.54, 1.807) is 0 Å². The van der Waals surface area contributed by atoms with Gasteiger partial charge in [0.25, 0.3) is 0 Å². The first-order valence-electron chi connectivity index (χ1n) is 19.1. The first-order chi connectivity index (χ1) is 22.5. The van der Waals surface area contributed by atoms with Crippen LogP contribution in [0.15, 0.2) is 48.6 Å². The van der Waals surface area contributed by atoms with Crippen LogP contribution in [-0.2, 0) is 19.1 Å². The maximum atomic E-state index is 12.5. The molecule has 0 aromatic rings. The van der Waals surface area contributed by atoms with Crippen LogP contribution in [-0.4, -0.2) is 43.8 Å². The van der Waals surface area contributed by atoms with E-state index in [1.807, 2.05) is 19.0 Å². The number of esters is 2. The molecule has 0 N–H and O–H groups in total. The monoisotopic (exact) mass is 644 g/mol. The molecule has 0 fully saturated rings. The van der Waals surface area contributed by atoms with Crippen molar-refractivity contribution in [1.82, 2.24) is 4.90 Å². The number of carbonyl (C=O) groups excluding carboxylic acids is 2. The summed E-state index contributed by atoms with van der Waals surface area (Å²) in [6, 6.07) is 0. The van der Waals surface area contributed by atoms with Gasteiger partial charge < -0.3 is 14.4 Å². The van der Waals surface area contributed by atoms with Crippen molar-refractivity contribution in [2.45, 2.75) is 181 Å². The minimum absolute atomic E-state index is 0.265. The van der Waals surface area contributed by atoms with E-state index in [9.17, 15) is 9.59 Å². The number of nitrogens with zero attached hydrogens (tertiary/aromatic N) is 1. The molecule has 0 unspecified atom stereocenters. The van der Waals surface area contributed by atoms with Gasteiger partial charge in [-0.25, -0.2) is 0 Å². The van der Waals surface area contributed by atoms with E-state index in [-0.39, 0.29) is 11.9 Å². The molecule has 266 valence electrons. The molecule has 0 aliphatic carbocycles. The Hall–Kier alpha value is -2.14. The third kappa shape index (κ3) is 34.7. The van der Waals surface area contributed by atoms with E-state index in [0.29, 0.717) is 25.8 Å². The Morgan fingerprint density at radius 3 is 1.22 bits per heavy atom. The van der Waals surface area contributed by atoms with Gasteiger partial charge in [0.1, 0.15) is 0 Å². The summed E-state index contributed by atoms with van der Waals surface area (Å²) in [5, 5.41) is 0. The quantitative estimate of drug-likeness (QED) is 0.0308. The highest BCUT2D eigenvalue weighted by Crippen LogP contribution is 2.13. The zero-order valence-corrected chi connectivity index (χ0v) is 30.7. The van der Waals surface area contributed by atoms with Crippen LogP contribution in [0.25, 0.3) is 0 Å². The highest BCUT2D eigenvalue weighted by Gasteiger charge is 2.19. The van der Waals surface area contributed by atoms with Gasteiger partial charge in [0.2, 0.25) is 6.29 Å². The maximum absolute atomic E-state index is 12.5. The number of unbranched alkanes of at least 4 members (excludes halogenated alkanes) is 16. The standard InChI is InChI=1S/C41H73NO4/c1-5-7-9-11-13-15-17-19-21-23-25-27-29-31-33-35-39(43)45-41(37-38-42(3)4)46-40(44)36-34-32-30-28-26-24-22-20-18-16-14-12-10-8-6-2/h13-16,19-22,41H,5-12,17-18,23-38H2,1-4H3/b15-13-,16-14-,21-19-,22-20-. The average Bonchev–Trinajstić information content (AvgIpc) is 3.03. The predicted molar refractivity (Wildman–Crippen MR) is 198 cm³/mol. The van der Waals surface area contributed by atoms with Gasteiger partial charge in [-0.15, -0.1) is 0 Å². The van der Waals surface area contributed by atoms with Crippen LogP contribution in [0.4, 0.5) is 0 Å². The van der Waals surface area contributed by atoms with Gasteiger partial charge in [0.15, 0.2) is 0 Å². The number of carbonyl (C=O) groups is 2. The molecule has 0 heterocycles. The lowest BCUT2D eigenvalue weighted by molar-refractivity contribution is -0.189. The molecule has 0 bridgehead atoms. The minimum Gasteiger partial charge on any atom is -0.425 e. The van der Waals surface area contributed by atoms with Crippen LogP contribution >= 0.6 is 0 Å². The van der Waals surface area contributed by atoms with Crippen LogP contribution in [0.5, 0.6) is 0 Å². The van der Waals surface area contributed by atoms with E-state index in [4.69, 9.17) is 9.47 Å². The lowest BCUT2D eigenvalue weighted by atomic mass is 10.1. The molecule has 0 aliphatic rings. The molecule has 0 aromatic carbocycles. The Kier molecular flexibility index (Phi) is 34.0. The van der Waals surface area contributed by atoms with Gasteiger partial charge in [0.05, 0.1) is 0 Å². The summed E-state index contributed by atoms with van der Waals surface area (Å²) in [6.07, 6.45) is 44.0. The lowest BCUT2D eigenvalue weighted by Crippen LogP contribution is -2.28. The molecule has 5 nitrogen and oxygen atoms in total. The first kappa shape index (κ1) is 43.9. The Bertz CT molecular complexity index is 738. The van der Waals surface area contributed by atoms with Crippen LogP contribution in [0.3, 0.4) is 0 Å². The van der Waals surface area contributed by atoms with E-state index in [1.165, 1.54) is 77.0 Å². The molecule has 0 spiro atoms. The fourth-order valence-electron chi connectivity index (χ4n) is 5.08. The SMILES string of the molecule is CCCCC/C=C\C/C=C\CCCCCCCC(=O)OC(CCN(C)C)OC(=O)CCCCCCC/C=C\C/C=C\CCCCC. The highest BCUT2D eigenvalue weighted by atomic mass is 16.7. The van der Waals surface area contributed by atoms with E-state index >= 15 is 0 Å². The summed E-state index contributed by atoms with van der Waals surface area (Å²) >= 11 is 0. The lowest BCUT2D eigenvalue weighted by Gasteiger charge is -2.20. The Morgan fingerprint density at radius 2 is 0.848 bits per heavy atom. The molecular weight excluding hydrogens is 570 g/mol. The molecule has 46 heavy (non-hydrogen) atoms. The van der Waals surface area contributed by atoms with E-state index < -0.39 is 6.29 Å². The van der Waals surface area contributed by atoms with Crippen molar-refractivity contribution in [3.63, 3.8) is 0 Å². The van der Waals surface area contributed by atoms with Gasteiger partial charge in [-0.05, 0) is 91.1 Å². The van der Waals surface area contributed by atoms with E-state index in [2.05, 4.69) is 62.5 Å². The van der Waals surface area contributed by atoms with Crippen LogP contribution in [0.1, 0.15) is 174 Å². The summed E-state index contributed by atoms with van der Waals surface area (Å²) in [5.41, 5.74) is 0. The average molecular weight is 644 g/mol. The second-order valence-electron chi connectivity index (χ2n) is 13.0. The van der Waals surface area contributed by atoms with Gasteiger partial charge in [-0.2, -0.15) is 0 Å². The van der Waals surface area contributed by atoms with Crippen LogP contribution in [0.2, 0.25) is 0 Å². The molecule has 0 aliphatic heterocycles. The van der Waals surface area contributed by atoms with Crippen molar-refractivity contribution in [2.75, 3.05) is 20.6 Å². The van der Waals surface area contributed by atoms with Crippen molar-refractivity contribution in [1.29, 1.82) is 0 Å². The van der Waals surface area contributed by atoms with Crippen molar-refractivity contribution in [3.8, 4) is 0 Å². The van der Waals surface area contributed by atoms with E-state index in [0.717, 1.165) is 64.2 Å². The minimum atomic E-state index is -0.793. The molecule has 0 rings (SSSR count). The van der Waals surface area contributed by atoms with Gasteiger partial charge in [-0.3, -0.25) is 9.59 Å². The topological polar surface area (TPSA) is 55.8 Å². The third-order valence-corrected chi connectivity index (χ3v) is 8.00. The smallest absolute Gasteiger partial charge is 0.308 e. The second-order valence-corrected chi connectivity index (χ2v) is 13.0. The van der Waals surface area contributed by atoms with Crippen molar-refractivity contribution >= 4 is 11.9 Å². The zero-order chi connectivity index (χ0) is 33.8. The molecule has 0 aromatic heterocycles. The largest absolute Gasteiger partial charge is 0.425 e. The van der Waals surface area contributed by atoms with Crippen LogP contribution < -0.4 is 0 Å². The molecular formula is C41H73NO4. The molecule has 0 radical (unpaired) electrons. The zero-order valence-electron chi connectivity index (χ0n) is 30.7. The molecule has 0 saturated heterocycles. The number of hydrogen-bond acceptors (Lipinski definition) is 5. The van der Waals surface area contributed by atoms with Crippen molar-refractivity contribution in [2.24, 2.45) is 0 Å². The Balaban J connectivity index is 3.95. The maximum Gasteiger partial charge on any atom is 0.308 e. The summed E-state index contributed by atoms with van der Waals surface area (Å²) in [5.74, 6) is -0.529. The molecule has 0 atom stereocenters. The number of rotatable bonds is 33. The first-order valence-corrected chi connectivity index (χ1v) is 19.1. The Labute approximate surface area is 285 Å². The fourth-order valence-corrected chi connectivity index (χ4v) is 5.08. The molecule has 0 amide bonds. The number of ether oxygens (including phenoxy) is 2. The summed E-state index contributed by atoms with van der Waals surface area (Å²) in [6.45, 7) is 5.17. The normalized spacial score (nSPS) is 12.2. The van der Waals surface area contributed by atoms with Gasteiger partial charge in [0, 0.05) is 25.8 Å². The number of hydrogen-bond donors (Lipinski definition) is 0. The second kappa shape index (κ2) is 35.7. The van der Waals surface area contributed by atoms with Crippen molar-refractivity contribution < 1.29 is 19.1 Å². The molecule has 0 saturated carbocycles. The summed E-state index contributed by atoms with van der Waals surface area (Å²) in [4.78, 5) is 27.0.